The van der Waals surface area contributed by atoms with E-state index in [1.807, 2.05) is 6.92 Å². The first kappa shape index (κ1) is 14.5. The van der Waals surface area contributed by atoms with Crippen molar-refractivity contribution in [2.75, 3.05) is 38.3 Å². The molecule has 1 atom stereocenters. The molecule has 6 heteroatoms. The first-order chi connectivity index (χ1) is 9.24. The van der Waals surface area contributed by atoms with Gasteiger partial charge in [0, 0.05) is 19.7 Å². The van der Waals surface area contributed by atoms with Crippen molar-refractivity contribution < 1.29 is 9.47 Å². The number of anilines is 1. The van der Waals surface area contributed by atoms with Gasteiger partial charge in [0.25, 0.3) is 0 Å². The Bertz CT molecular complexity index is 417. The summed E-state index contributed by atoms with van der Waals surface area (Å²) in [7, 11) is 1.62. The number of nitrogens with zero attached hydrogens (tertiary/aromatic N) is 3. The molecule has 1 saturated heterocycles. The minimum Gasteiger partial charge on any atom is -0.480 e. The summed E-state index contributed by atoms with van der Waals surface area (Å²) in [5.74, 6) is 1.88. The molecule has 0 N–H and O–H groups in total. The smallest absolute Gasteiger partial charge is 0.232 e. The topological polar surface area (TPSA) is 47.5 Å². The van der Waals surface area contributed by atoms with Gasteiger partial charge in [-0.25, -0.2) is 4.98 Å². The van der Waals surface area contributed by atoms with Crippen LogP contribution in [-0.2, 0) is 4.74 Å². The second-order valence-corrected chi connectivity index (χ2v) is 5.50. The van der Waals surface area contributed by atoms with E-state index in [1.165, 1.54) is 6.42 Å². The van der Waals surface area contributed by atoms with E-state index in [-0.39, 0.29) is 0 Å². The highest BCUT2D eigenvalue weighted by atomic mass is 79.9. The Labute approximate surface area is 122 Å². The van der Waals surface area contributed by atoms with Gasteiger partial charge in [-0.2, -0.15) is 4.98 Å². The molecule has 1 fully saturated rings. The second kappa shape index (κ2) is 7.05. The molecule has 5 nitrogen and oxygen atoms in total. The van der Waals surface area contributed by atoms with Gasteiger partial charge in [0.05, 0.1) is 24.4 Å². The Morgan fingerprint density at radius 1 is 1.53 bits per heavy atom. The Morgan fingerprint density at radius 2 is 2.37 bits per heavy atom. The maximum Gasteiger partial charge on any atom is 0.232 e. The predicted octanol–water partition coefficient (Wildman–Crippen LogP) is 2.50. The molecule has 1 aliphatic rings. The number of hydrogen-bond donors (Lipinski definition) is 0. The molecular weight excluding hydrogens is 310 g/mol. The molecule has 0 amide bonds. The fraction of sp³-hybridized carbons (Fsp3) is 0.692. The molecule has 2 rings (SSSR count). The standard InChI is InChI=1S/C13H20BrN3O2/c1-3-19-9-10-5-4-6-17(8-10)13-15-7-11(14)12(16-13)18-2/h7,10H,3-6,8-9H2,1-2H3/t10-/m0/s1. The molecule has 1 aromatic heterocycles. The number of piperidine rings is 1. The van der Waals surface area contributed by atoms with Crippen molar-refractivity contribution in [3.8, 4) is 5.88 Å². The molecule has 0 aromatic carbocycles. The minimum atomic E-state index is 0.562. The average Bonchev–Trinajstić information content (AvgIpc) is 2.46. The van der Waals surface area contributed by atoms with Crippen LogP contribution in [0.2, 0.25) is 0 Å². The zero-order valence-electron chi connectivity index (χ0n) is 11.4. The van der Waals surface area contributed by atoms with Gasteiger partial charge in [-0.05, 0) is 41.6 Å². The van der Waals surface area contributed by atoms with Gasteiger partial charge >= 0.3 is 0 Å². The van der Waals surface area contributed by atoms with Crippen LogP contribution >= 0.6 is 15.9 Å². The van der Waals surface area contributed by atoms with Crippen molar-refractivity contribution in [1.82, 2.24) is 9.97 Å². The molecule has 0 unspecified atom stereocenters. The highest BCUT2D eigenvalue weighted by molar-refractivity contribution is 9.10. The summed E-state index contributed by atoms with van der Waals surface area (Å²) in [6, 6.07) is 0. The quantitative estimate of drug-likeness (QED) is 0.830. The third-order valence-electron chi connectivity index (χ3n) is 3.25. The maximum absolute atomic E-state index is 5.52. The lowest BCUT2D eigenvalue weighted by Crippen LogP contribution is -2.38. The monoisotopic (exact) mass is 329 g/mol. The van der Waals surface area contributed by atoms with Crippen molar-refractivity contribution >= 4 is 21.9 Å². The molecule has 1 aromatic rings. The lowest BCUT2D eigenvalue weighted by molar-refractivity contribution is 0.104. The predicted molar refractivity (Wildman–Crippen MR) is 77.7 cm³/mol. The van der Waals surface area contributed by atoms with E-state index in [4.69, 9.17) is 9.47 Å². The first-order valence-electron chi connectivity index (χ1n) is 6.63. The zero-order valence-corrected chi connectivity index (χ0v) is 13.0. The van der Waals surface area contributed by atoms with Crippen LogP contribution in [0.4, 0.5) is 5.95 Å². The maximum atomic E-state index is 5.52. The van der Waals surface area contributed by atoms with E-state index in [0.29, 0.717) is 11.8 Å². The van der Waals surface area contributed by atoms with E-state index in [9.17, 15) is 0 Å². The van der Waals surface area contributed by atoms with Crippen LogP contribution in [0.1, 0.15) is 19.8 Å². The molecule has 0 saturated carbocycles. The number of hydrogen-bond acceptors (Lipinski definition) is 5. The van der Waals surface area contributed by atoms with E-state index in [0.717, 1.165) is 43.1 Å². The molecule has 0 radical (unpaired) electrons. The van der Waals surface area contributed by atoms with Crippen molar-refractivity contribution in [3.63, 3.8) is 0 Å². The summed E-state index contributed by atoms with van der Waals surface area (Å²) in [6.07, 6.45) is 4.11. The number of halogens is 1. The minimum absolute atomic E-state index is 0.562. The Morgan fingerprint density at radius 3 is 3.11 bits per heavy atom. The average molecular weight is 330 g/mol. The van der Waals surface area contributed by atoms with E-state index >= 15 is 0 Å². The molecule has 0 bridgehead atoms. The van der Waals surface area contributed by atoms with Crippen molar-refractivity contribution in [2.24, 2.45) is 5.92 Å². The molecule has 0 spiro atoms. The Kier molecular flexibility index (Phi) is 5.39. The molecule has 106 valence electrons. The number of rotatable bonds is 5. The number of ether oxygens (including phenoxy) is 2. The van der Waals surface area contributed by atoms with Gasteiger partial charge in [-0.3, -0.25) is 0 Å². The number of methoxy groups -OCH3 is 1. The Hall–Kier alpha value is -0.880. The van der Waals surface area contributed by atoms with Gasteiger partial charge in [0.15, 0.2) is 0 Å². The molecule has 2 heterocycles. The third kappa shape index (κ3) is 3.79. The van der Waals surface area contributed by atoms with Crippen LogP contribution in [0, 0.1) is 5.92 Å². The largest absolute Gasteiger partial charge is 0.480 e. The fourth-order valence-electron chi connectivity index (χ4n) is 2.31. The molecule has 1 aliphatic heterocycles. The van der Waals surface area contributed by atoms with Crippen LogP contribution in [0.5, 0.6) is 5.88 Å². The van der Waals surface area contributed by atoms with Crippen LogP contribution in [0.3, 0.4) is 0 Å². The van der Waals surface area contributed by atoms with Crippen molar-refractivity contribution in [1.29, 1.82) is 0 Å². The summed E-state index contributed by atoms with van der Waals surface area (Å²) in [5.41, 5.74) is 0. The van der Waals surface area contributed by atoms with Gasteiger partial charge in [-0.1, -0.05) is 0 Å². The highest BCUT2D eigenvalue weighted by Crippen LogP contribution is 2.26. The Balaban J connectivity index is 2.04. The lowest BCUT2D eigenvalue weighted by Gasteiger charge is -2.32. The van der Waals surface area contributed by atoms with E-state index in [1.54, 1.807) is 13.3 Å². The summed E-state index contributed by atoms with van der Waals surface area (Å²) in [6.45, 7) is 5.57. The van der Waals surface area contributed by atoms with Gasteiger partial charge in [-0.15, -0.1) is 0 Å². The van der Waals surface area contributed by atoms with Crippen LogP contribution in [0.25, 0.3) is 0 Å². The van der Waals surface area contributed by atoms with Crippen molar-refractivity contribution in [3.05, 3.63) is 10.7 Å². The van der Waals surface area contributed by atoms with E-state index < -0.39 is 0 Å². The summed E-state index contributed by atoms with van der Waals surface area (Å²) < 4.78 is 11.5. The SMILES string of the molecule is CCOC[C@H]1CCCN(c2ncc(Br)c(OC)n2)C1. The van der Waals surface area contributed by atoms with Crippen LogP contribution in [-0.4, -0.2) is 43.4 Å². The van der Waals surface area contributed by atoms with Crippen LogP contribution in [0.15, 0.2) is 10.7 Å². The molecule has 19 heavy (non-hydrogen) atoms. The number of aromatic nitrogens is 2. The van der Waals surface area contributed by atoms with Crippen LogP contribution < -0.4 is 9.64 Å². The third-order valence-corrected chi connectivity index (χ3v) is 3.80. The second-order valence-electron chi connectivity index (χ2n) is 4.64. The summed E-state index contributed by atoms with van der Waals surface area (Å²) in [5, 5.41) is 0. The van der Waals surface area contributed by atoms with Gasteiger partial charge in [0.2, 0.25) is 11.8 Å². The van der Waals surface area contributed by atoms with E-state index in [2.05, 4.69) is 30.8 Å². The first-order valence-corrected chi connectivity index (χ1v) is 7.43. The lowest BCUT2D eigenvalue weighted by atomic mass is 9.99. The summed E-state index contributed by atoms with van der Waals surface area (Å²) >= 11 is 3.37. The summed E-state index contributed by atoms with van der Waals surface area (Å²) in [4.78, 5) is 11.0. The normalized spacial score (nSPS) is 19.5. The van der Waals surface area contributed by atoms with Crippen molar-refractivity contribution in [2.45, 2.75) is 19.8 Å². The highest BCUT2D eigenvalue weighted by Gasteiger charge is 2.22. The molecular formula is C13H20BrN3O2. The van der Waals surface area contributed by atoms with Gasteiger partial charge < -0.3 is 14.4 Å². The van der Waals surface area contributed by atoms with Gasteiger partial charge in [0.1, 0.15) is 0 Å². The molecule has 0 aliphatic carbocycles. The zero-order chi connectivity index (χ0) is 13.7. The fourth-order valence-corrected chi connectivity index (χ4v) is 2.66.